The first-order chi connectivity index (χ1) is 63.3. The molecule has 0 aliphatic carbocycles. The minimum atomic E-state index is -0.955. The second-order valence-electron chi connectivity index (χ2n) is 48.1. The van der Waals surface area contributed by atoms with Gasteiger partial charge in [0.1, 0.15) is 161 Å². The molecular formula is C120H170O19. The van der Waals surface area contributed by atoms with Crippen molar-refractivity contribution in [1.29, 1.82) is 0 Å². The molecule has 10 aromatic carbocycles. The minimum absolute atomic E-state index is 0.0614. The fraction of sp³-hybridized carbons (Fsp3) is 0.500. The van der Waals surface area contributed by atoms with Crippen LogP contribution < -0.4 is 66.3 Å². The molecule has 1 atom stereocenters. The van der Waals surface area contributed by atoms with Gasteiger partial charge in [0.15, 0.2) is 23.0 Å². The van der Waals surface area contributed by atoms with E-state index in [1.54, 1.807) is 0 Å². The number of ether oxygens (including phenoxy) is 14. The van der Waals surface area contributed by atoms with Crippen molar-refractivity contribution in [2.45, 2.75) is 393 Å². The predicted molar refractivity (Wildman–Crippen MR) is 565 cm³/mol. The largest absolute Gasteiger partial charge is 0.490 e. The van der Waals surface area contributed by atoms with Gasteiger partial charge in [0.05, 0.1) is 6.10 Å². The van der Waals surface area contributed by atoms with Crippen LogP contribution in [0.3, 0.4) is 0 Å². The van der Waals surface area contributed by atoms with Crippen molar-refractivity contribution in [1.82, 2.24) is 0 Å². The van der Waals surface area contributed by atoms with Gasteiger partial charge in [-0.2, -0.15) is 0 Å². The Labute approximate surface area is 834 Å². The lowest BCUT2D eigenvalue weighted by Crippen LogP contribution is -2.27. The van der Waals surface area contributed by atoms with Gasteiger partial charge in [-0.1, -0.05) is 97.1 Å². The molecular weight excluding hydrogens is 1750 g/mol. The van der Waals surface area contributed by atoms with Crippen LogP contribution in [0.2, 0.25) is 0 Å². The Morgan fingerprint density at radius 1 is 0.158 bits per heavy atom. The van der Waals surface area contributed by atoms with Crippen molar-refractivity contribution >= 4 is 0 Å². The SMILES string of the molecule is CC(C)(C)Oc1ccc(C(O)c2ccc(OC(C)(C)C)c(OC(C)(C)C)c2)cc1OC(C)(C)C.CC(C)(C)Oc1ccc(C(O)c2ccc(OC(C)(C)C)cc2)cc1.CC(C)(C)Oc1cccc(C(O)c2cccc(OC(C)(C)C)c2)c1.CC(C)(C)Oc1ccccc1C(O)c1ccccc1OC(C)(C)C.CC(C)Oc1cc(OC(C)(C)C)ccc1C(O)c1ccc(OC(C)(C)C)cc1OC(C)(C)C. The highest BCUT2D eigenvalue weighted by atomic mass is 16.6. The first kappa shape index (κ1) is 117. The third-order valence-electron chi connectivity index (χ3n) is 18.1. The third-order valence-corrected chi connectivity index (χ3v) is 18.1. The van der Waals surface area contributed by atoms with Gasteiger partial charge in [-0.3, -0.25) is 0 Å². The maximum absolute atomic E-state index is 11.5. The molecule has 0 saturated carbocycles. The zero-order chi connectivity index (χ0) is 105. The van der Waals surface area contributed by atoms with Gasteiger partial charge in [-0.05, 0) is 426 Å². The van der Waals surface area contributed by atoms with E-state index >= 15 is 0 Å². The summed E-state index contributed by atoms with van der Waals surface area (Å²) in [5, 5.41) is 55.0. The molecule has 139 heavy (non-hydrogen) atoms. The molecule has 0 bridgehead atoms. The average Bonchev–Trinajstić information content (AvgIpc) is 0.801. The summed E-state index contributed by atoms with van der Waals surface area (Å²) >= 11 is 0. The minimum Gasteiger partial charge on any atom is -0.490 e. The quantitative estimate of drug-likeness (QED) is 0.0358. The Morgan fingerprint density at radius 3 is 0.669 bits per heavy atom. The van der Waals surface area contributed by atoms with E-state index in [1.807, 2.05) is 502 Å². The van der Waals surface area contributed by atoms with Crippen LogP contribution in [0.15, 0.2) is 218 Å². The molecule has 0 amide bonds. The molecule has 10 aromatic rings. The molecule has 0 aliphatic heterocycles. The fourth-order valence-corrected chi connectivity index (χ4v) is 13.6. The zero-order valence-electron chi connectivity index (χ0n) is 91.7. The van der Waals surface area contributed by atoms with E-state index in [9.17, 15) is 25.5 Å². The van der Waals surface area contributed by atoms with Crippen molar-refractivity contribution in [3.05, 3.63) is 274 Å². The van der Waals surface area contributed by atoms with Gasteiger partial charge < -0.3 is 91.8 Å². The number of benzene rings is 10. The van der Waals surface area contributed by atoms with Crippen LogP contribution in [-0.4, -0.2) is 104 Å². The monoisotopic (exact) mass is 1920 g/mol. The van der Waals surface area contributed by atoms with Crippen LogP contribution in [-0.2, 0) is 0 Å². The van der Waals surface area contributed by atoms with E-state index in [-0.39, 0.29) is 62.1 Å². The molecule has 0 aromatic heterocycles. The number of rotatable bonds is 25. The Hall–Kier alpha value is -10.8. The van der Waals surface area contributed by atoms with Gasteiger partial charge in [-0.25, -0.2) is 0 Å². The smallest absolute Gasteiger partial charge is 0.162 e. The van der Waals surface area contributed by atoms with Crippen LogP contribution in [0.1, 0.15) is 370 Å². The molecule has 19 heteroatoms. The van der Waals surface area contributed by atoms with E-state index in [0.29, 0.717) is 79.7 Å². The summed E-state index contributed by atoms with van der Waals surface area (Å²) in [5.74, 6) is 9.47. The first-order valence-corrected chi connectivity index (χ1v) is 48.5. The average molecular weight is 1920 g/mol. The van der Waals surface area contributed by atoms with E-state index in [0.717, 1.165) is 56.4 Å². The number of para-hydroxylation sites is 2. The maximum Gasteiger partial charge on any atom is 0.162 e. The van der Waals surface area contributed by atoms with Gasteiger partial charge >= 0.3 is 0 Å². The maximum atomic E-state index is 11.5. The van der Waals surface area contributed by atoms with E-state index in [1.165, 1.54) is 0 Å². The van der Waals surface area contributed by atoms with Crippen LogP contribution in [0.4, 0.5) is 0 Å². The molecule has 5 N–H and O–H groups in total. The van der Waals surface area contributed by atoms with E-state index in [4.69, 9.17) is 66.3 Å². The summed E-state index contributed by atoms with van der Waals surface area (Å²) in [7, 11) is 0. The van der Waals surface area contributed by atoms with Crippen LogP contribution >= 0.6 is 0 Å². The number of hydrogen-bond acceptors (Lipinski definition) is 19. The third kappa shape index (κ3) is 44.3. The summed E-state index contributed by atoms with van der Waals surface area (Å²) in [6.07, 6.45) is -4.11. The van der Waals surface area contributed by atoms with Gasteiger partial charge in [0, 0.05) is 34.4 Å². The lowest BCUT2D eigenvalue weighted by atomic mass is 9.98. The highest BCUT2D eigenvalue weighted by molar-refractivity contribution is 5.53. The second kappa shape index (κ2) is 47.2. The topological polar surface area (TPSA) is 230 Å². The first-order valence-electron chi connectivity index (χ1n) is 48.5. The van der Waals surface area contributed by atoms with Crippen molar-refractivity contribution in [3.8, 4) is 80.5 Å². The standard InChI is InChI=1S/C29H44O5.C28H42O5.3C21H28O3/c1-26(2,3)31-21-15-13-19(17-23(21)33-28(7,8)9)25(30)20-14-16-22(32-27(4,5)6)24(18-20)34-29(10,11)12;1-18(2)30-23-16-19(31-26(3,4)5)12-14-21(23)25(29)22-15-13-20(32-27(6,7)8)17-24(22)33-28(9,10)11;1-20(2,3)23-17-11-7-15(8-12-17)19(22)16-9-13-18(14-10-16)24-21(4,5)6;1-20(2,3)23-17-11-7-9-15(13-17)19(22)16-10-8-12-18(14-16)24-21(4,5)6;1-20(2,3)23-17-13-9-7-11-15(17)19(22)16-12-8-10-14-18(16)24-21(4,5)6/h13-18,25,30H,1-12H3;12-18,25,29H,1-11H3;3*7-14,19,22H,1-6H3. The normalized spacial score (nSPS) is 12.8. The van der Waals surface area contributed by atoms with Crippen LogP contribution in [0.25, 0.3) is 0 Å². The van der Waals surface area contributed by atoms with E-state index < -0.39 is 47.3 Å². The lowest BCUT2D eigenvalue weighted by molar-refractivity contribution is 0.0946. The van der Waals surface area contributed by atoms with Gasteiger partial charge in [0.2, 0.25) is 0 Å². The van der Waals surface area contributed by atoms with Crippen molar-refractivity contribution < 1.29 is 91.8 Å². The number of aliphatic hydroxyl groups is 5. The van der Waals surface area contributed by atoms with Crippen molar-refractivity contribution in [2.75, 3.05) is 0 Å². The Balaban J connectivity index is 0.000000269. The molecule has 0 radical (unpaired) electrons. The summed E-state index contributed by atoms with van der Waals surface area (Å²) in [4.78, 5) is 0. The molecule has 0 aliphatic rings. The lowest BCUT2D eigenvalue weighted by Gasteiger charge is -2.29. The summed E-state index contributed by atoms with van der Waals surface area (Å²) in [6.45, 7) is 81.8. The van der Waals surface area contributed by atoms with Crippen LogP contribution in [0, 0.1) is 0 Å². The second-order valence-corrected chi connectivity index (χ2v) is 48.1. The molecule has 0 spiro atoms. The number of aliphatic hydroxyl groups excluding tert-OH is 5. The van der Waals surface area contributed by atoms with E-state index in [2.05, 4.69) is 0 Å². The highest BCUT2D eigenvalue weighted by Gasteiger charge is 2.32. The summed E-state index contributed by atoms with van der Waals surface area (Å²) in [6, 6.07) is 67.7. The molecule has 19 nitrogen and oxygen atoms in total. The predicted octanol–water partition coefficient (Wildman–Crippen LogP) is 29.9. The van der Waals surface area contributed by atoms with Gasteiger partial charge in [-0.15, -0.1) is 0 Å². The van der Waals surface area contributed by atoms with Gasteiger partial charge in [0.25, 0.3) is 0 Å². The zero-order valence-corrected chi connectivity index (χ0v) is 91.7. The molecule has 0 fully saturated rings. The van der Waals surface area contributed by atoms with Crippen LogP contribution in [0.5, 0.6) is 80.5 Å². The molecule has 1 unspecified atom stereocenters. The molecule has 0 saturated heterocycles. The number of hydrogen-bond donors (Lipinski definition) is 5. The van der Waals surface area contributed by atoms with Crippen molar-refractivity contribution in [3.63, 3.8) is 0 Å². The molecule has 0 heterocycles. The summed E-state index contributed by atoms with van der Waals surface area (Å²) < 4.78 is 84.4. The summed E-state index contributed by atoms with van der Waals surface area (Å²) in [5.41, 5.74) is 3.01. The highest BCUT2D eigenvalue weighted by Crippen LogP contribution is 2.45. The fourth-order valence-electron chi connectivity index (χ4n) is 13.6. The van der Waals surface area contributed by atoms with Crippen molar-refractivity contribution in [2.24, 2.45) is 0 Å². The molecule has 10 rings (SSSR count). The Morgan fingerprint density at radius 2 is 0.374 bits per heavy atom. The molecule has 764 valence electrons. The Bertz CT molecular complexity index is 5200. The Kier molecular flexibility index (Phi) is 39.7.